The molecule has 0 aromatic heterocycles. The third kappa shape index (κ3) is 3.56. The number of hydrogen-bond acceptors (Lipinski definition) is 4. The smallest absolute Gasteiger partial charge is 0.119 e. The number of fused-ring (bicyclic) bond motifs is 2. The van der Waals surface area contributed by atoms with Crippen molar-refractivity contribution in [2.24, 2.45) is 0 Å². The number of thioether (sulfide) groups is 1. The van der Waals surface area contributed by atoms with E-state index in [0.717, 1.165) is 37.2 Å². The number of rotatable bonds is 4. The van der Waals surface area contributed by atoms with E-state index in [1.165, 1.54) is 12.0 Å². The molecule has 1 N–H and O–H groups in total. The summed E-state index contributed by atoms with van der Waals surface area (Å²) in [5, 5.41) is 10.1. The van der Waals surface area contributed by atoms with Crippen LogP contribution in [-0.4, -0.2) is 53.4 Å². The zero-order valence-electron chi connectivity index (χ0n) is 13.3. The summed E-state index contributed by atoms with van der Waals surface area (Å²) in [6.07, 6.45) is 5.71. The largest absolute Gasteiger partial charge is 0.508 e. The summed E-state index contributed by atoms with van der Waals surface area (Å²) in [5.41, 5.74) is 2.39. The van der Waals surface area contributed by atoms with Gasteiger partial charge >= 0.3 is 0 Å². The van der Waals surface area contributed by atoms with Crippen LogP contribution in [-0.2, 0) is 17.6 Å². The summed E-state index contributed by atoms with van der Waals surface area (Å²) < 4.78 is 6.35. The Bertz CT molecular complexity index is 500. The standard InChI is InChI=1S/C17H25NO2S.ClH/c1-3-7-18-10-13(11-21-2)20-17-9-14-12(8-15(17)18)5-4-6-16(14)19;/h4-6,13,15,17,19H,3,7-11H2,1-2H3;1H/t13-,15-,17-;/m1./s1. The molecule has 0 radical (unpaired) electrons. The van der Waals surface area contributed by atoms with Gasteiger partial charge in [-0.2, -0.15) is 11.8 Å². The number of benzene rings is 1. The van der Waals surface area contributed by atoms with Gasteiger partial charge in [-0.3, -0.25) is 4.90 Å². The highest BCUT2D eigenvalue weighted by atomic mass is 35.5. The second kappa shape index (κ2) is 7.91. The van der Waals surface area contributed by atoms with Crippen molar-refractivity contribution >= 4 is 24.2 Å². The minimum Gasteiger partial charge on any atom is -0.508 e. The number of phenols is 1. The van der Waals surface area contributed by atoms with Crippen LogP contribution in [0.25, 0.3) is 0 Å². The number of aromatic hydroxyl groups is 1. The molecule has 1 fully saturated rings. The zero-order chi connectivity index (χ0) is 14.8. The van der Waals surface area contributed by atoms with Crippen molar-refractivity contribution in [1.29, 1.82) is 0 Å². The molecule has 0 unspecified atom stereocenters. The predicted molar refractivity (Wildman–Crippen MR) is 95.5 cm³/mol. The maximum atomic E-state index is 10.1. The number of hydrogen-bond donors (Lipinski definition) is 1. The molecule has 124 valence electrons. The van der Waals surface area contributed by atoms with Crippen molar-refractivity contribution in [1.82, 2.24) is 4.90 Å². The van der Waals surface area contributed by atoms with Crippen LogP contribution in [0.3, 0.4) is 0 Å². The monoisotopic (exact) mass is 343 g/mol. The van der Waals surface area contributed by atoms with Crippen LogP contribution < -0.4 is 0 Å². The lowest BCUT2D eigenvalue weighted by Crippen LogP contribution is -2.58. The lowest BCUT2D eigenvalue weighted by atomic mass is 9.83. The van der Waals surface area contributed by atoms with E-state index in [-0.39, 0.29) is 18.5 Å². The van der Waals surface area contributed by atoms with Gasteiger partial charge in [0.25, 0.3) is 0 Å². The number of nitrogens with zero attached hydrogens (tertiary/aromatic N) is 1. The number of halogens is 1. The lowest BCUT2D eigenvalue weighted by Gasteiger charge is -2.47. The zero-order valence-corrected chi connectivity index (χ0v) is 15.0. The van der Waals surface area contributed by atoms with Gasteiger partial charge in [-0.05, 0) is 42.8 Å². The number of ether oxygens (including phenoxy) is 1. The molecule has 3 nitrogen and oxygen atoms in total. The molecule has 3 rings (SSSR count). The van der Waals surface area contributed by atoms with Gasteiger partial charge in [0.15, 0.2) is 0 Å². The summed E-state index contributed by atoms with van der Waals surface area (Å²) in [6, 6.07) is 6.38. The Kier molecular flexibility index (Phi) is 6.45. The Balaban J connectivity index is 0.00000176. The molecular weight excluding hydrogens is 318 g/mol. The van der Waals surface area contributed by atoms with Crippen molar-refractivity contribution < 1.29 is 9.84 Å². The van der Waals surface area contributed by atoms with Gasteiger partial charge in [-0.25, -0.2) is 0 Å². The normalized spacial score (nSPS) is 27.6. The minimum absolute atomic E-state index is 0. The maximum absolute atomic E-state index is 10.1. The van der Waals surface area contributed by atoms with Crippen LogP contribution in [0, 0.1) is 0 Å². The molecule has 1 aromatic rings. The predicted octanol–water partition coefficient (Wildman–Crippen LogP) is 3.12. The molecule has 1 aliphatic carbocycles. The Morgan fingerprint density at radius 1 is 1.36 bits per heavy atom. The van der Waals surface area contributed by atoms with Crippen molar-refractivity contribution in [3.05, 3.63) is 29.3 Å². The number of phenolic OH excluding ortho intramolecular Hbond substituents is 1. The van der Waals surface area contributed by atoms with Gasteiger partial charge in [-0.1, -0.05) is 19.1 Å². The van der Waals surface area contributed by atoms with Crippen molar-refractivity contribution in [3.8, 4) is 5.75 Å². The van der Waals surface area contributed by atoms with Crippen LogP contribution >= 0.6 is 24.2 Å². The minimum atomic E-state index is 0. The lowest BCUT2D eigenvalue weighted by molar-refractivity contribution is -0.113. The van der Waals surface area contributed by atoms with E-state index in [4.69, 9.17) is 4.74 Å². The quantitative estimate of drug-likeness (QED) is 0.910. The molecule has 1 saturated heterocycles. The van der Waals surface area contributed by atoms with Crippen molar-refractivity contribution in [2.75, 3.05) is 25.1 Å². The molecule has 0 amide bonds. The van der Waals surface area contributed by atoms with E-state index < -0.39 is 0 Å². The van der Waals surface area contributed by atoms with E-state index in [0.29, 0.717) is 17.9 Å². The molecule has 2 aliphatic rings. The van der Waals surface area contributed by atoms with E-state index >= 15 is 0 Å². The van der Waals surface area contributed by atoms with E-state index in [1.54, 1.807) is 6.07 Å². The van der Waals surface area contributed by atoms with Crippen LogP contribution in [0.15, 0.2) is 18.2 Å². The van der Waals surface area contributed by atoms with Crippen molar-refractivity contribution in [3.63, 3.8) is 0 Å². The van der Waals surface area contributed by atoms with E-state index in [9.17, 15) is 5.11 Å². The Hall–Kier alpha value is -0.420. The first-order valence-electron chi connectivity index (χ1n) is 7.91. The van der Waals surface area contributed by atoms with Crippen LogP contribution in [0.5, 0.6) is 5.75 Å². The molecule has 5 heteroatoms. The van der Waals surface area contributed by atoms with Gasteiger partial charge in [0.1, 0.15) is 5.75 Å². The third-order valence-electron chi connectivity index (χ3n) is 4.65. The molecule has 0 saturated carbocycles. The third-order valence-corrected chi connectivity index (χ3v) is 5.35. The Morgan fingerprint density at radius 2 is 2.18 bits per heavy atom. The first-order chi connectivity index (χ1) is 10.2. The summed E-state index contributed by atoms with van der Waals surface area (Å²) in [6.45, 7) is 4.43. The molecule has 0 bridgehead atoms. The van der Waals surface area contributed by atoms with Gasteiger partial charge in [0.2, 0.25) is 0 Å². The summed E-state index contributed by atoms with van der Waals surface area (Å²) in [7, 11) is 0. The highest BCUT2D eigenvalue weighted by Crippen LogP contribution is 2.35. The molecule has 3 atom stereocenters. The van der Waals surface area contributed by atoms with Crippen LogP contribution in [0.4, 0.5) is 0 Å². The van der Waals surface area contributed by atoms with Gasteiger partial charge < -0.3 is 9.84 Å². The van der Waals surface area contributed by atoms with E-state index in [2.05, 4.69) is 24.1 Å². The average Bonchev–Trinajstić information content (AvgIpc) is 2.47. The summed E-state index contributed by atoms with van der Waals surface area (Å²) in [5.74, 6) is 1.49. The van der Waals surface area contributed by atoms with Crippen LogP contribution in [0.2, 0.25) is 0 Å². The fourth-order valence-electron chi connectivity index (χ4n) is 3.75. The fraction of sp³-hybridized carbons (Fsp3) is 0.647. The van der Waals surface area contributed by atoms with Crippen molar-refractivity contribution in [2.45, 2.75) is 44.4 Å². The fourth-order valence-corrected chi connectivity index (χ4v) is 4.31. The van der Waals surface area contributed by atoms with Gasteiger partial charge in [-0.15, -0.1) is 12.4 Å². The molecule has 1 heterocycles. The summed E-state index contributed by atoms with van der Waals surface area (Å²) >= 11 is 1.86. The molecule has 1 aromatic carbocycles. The Labute approximate surface area is 143 Å². The highest BCUT2D eigenvalue weighted by molar-refractivity contribution is 7.98. The first-order valence-corrected chi connectivity index (χ1v) is 9.30. The topological polar surface area (TPSA) is 32.7 Å². The molecule has 22 heavy (non-hydrogen) atoms. The highest BCUT2D eigenvalue weighted by Gasteiger charge is 2.40. The number of morpholine rings is 1. The summed E-state index contributed by atoms with van der Waals surface area (Å²) in [4.78, 5) is 2.61. The molecule has 1 aliphatic heterocycles. The first kappa shape index (κ1) is 17.9. The SMILES string of the molecule is CCCN1C[C@H](CSC)O[C@@H]2Cc3c(O)cccc3C[C@H]21.Cl. The Morgan fingerprint density at radius 3 is 2.91 bits per heavy atom. The molecular formula is C17H26ClNO2S. The van der Waals surface area contributed by atoms with Gasteiger partial charge in [0.05, 0.1) is 12.2 Å². The average molecular weight is 344 g/mol. The van der Waals surface area contributed by atoms with Crippen LogP contribution in [0.1, 0.15) is 24.5 Å². The second-order valence-electron chi connectivity index (χ2n) is 6.14. The molecule has 0 spiro atoms. The second-order valence-corrected chi connectivity index (χ2v) is 7.05. The van der Waals surface area contributed by atoms with Gasteiger partial charge in [0, 0.05) is 24.8 Å². The van der Waals surface area contributed by atoms with E-state index in [1.807, 2.05) is 17.8 Å². The maximum Gasteiger partial charge on any atom is 0.119 e.